The van der Waals surface area contributed by atoms with Gasteiger partial charge in [0, 0.05) is 0 Å². The fourth-order valence-corrected chi connectivity index (χ4v) is 2.80. The van der Waals surface area contributed by atoms with Crippen LogP contribution in [0, 0.1) is 5.92 Å². The molecule has 1 aromatic rings. The molecule has 0 nitrogen and oxygen atoms in total. The van der Waals surface area contributed by atoms with E-state index >= 15 is 0 Å². The van der Waals surface area contributed by atoms with E-state index in [1.807, 2.05) is 0 Å². The molecular weight excluding hydrogens is 192 g/mol. The molecule has 1 saturated carbocycles. The van der Waals surface area contributed by atoms with Gasteiger partial charge in [0.25, 0.3) is 0 Å². The predicted octanol–water partition coefficient (Wildman–Crippen LogP) is 4.50. The first-order valence-corrected chi connectivity index (χ1v) is 6.74. The first-order valence-electron chi connectivity index (χ1n) is 6.74. The van der Waals surface area contributed by atoms with Gasteiger partial charge in [-0.1, -0.05) is 52.3 Å². The van der Waals surface area contributed by atoms with Gasteiger partial charge < -0.3 is 0 Å². The maximum atomic E-state index is 2.47. The van der Waals surface area contributed by atoms with Crippen LogP contribution in [0.2, 0.25) is 0 Å². The highest BCUT2D eigenvalue weighted by Crippen LogP contribution is 2.53. The molecule has 0 aromatic heterocycles. The number of rotatable bonds is 4. The molecule has 0 radical (unpaired) electrons. The van der Waals surface area contributed by atoms with Crippen molar-refractivity contribution in [2.75, 3.05) is 0 Å². The van der Waals surface area contributed by atoms with Gasteiger partial charge in [0.15, 0.2) is 0 Å². The zero-order valence-corrected chi connectivity index (χ0v) is 11.1. The molecule has 0 saturated heterocycles. The van der Waals surface area contributed by atoms with E-state index in [1.165, 1.54) is 25.7 Å². The second kappa shape index (κ2) is 4.24. The van der Waals surface area contributed by atoms with Gasteiger partial charge in [-0.05, 0) is 47.3 Å². The lowest BCUT2D eigenvalue weighted by Crippen LogP contribution is -2.05. The third-order valence-electron chi connectivity index (χ3n) is 4.42. The summed E-state index contributed by atoms with van der Waals surface area (Å²) < 4.78 is 0. The molecule has 2 atom stereocenters. The van der Waals surface area contributed by atoms with E-state index < -0.39 is 0 Å². The van der Waals surface area contributed by atoms with Crippen molar-refractivity contribution in [1.29, 1.82) is 0 Å². The summed E-state index contributed by atoms with van der Waals surface area (Å²) in [7, 11) is 0. The lowest BCUT2D eigenvalue weighted by Gasteiger charge is -2.15. The van der Waals surface area contributed by atoms with E-state index in [0.29, 0.717) is 5.41 Å². The molecule has 1 aliphatic carbocycles. The van der Waals surface area contributed by atoms with Gasteiger partial charge in [-0.25, -0.2) is 0 Å². The Morgan fingerprint density at radius 1 is 1.25 bits per heavy atom. The van der Waals surface area contributed by atoms with Crippen LogP contribution in [0.1, 0.15) is 57.2 Å². The van der Waals surface area contributed by atoms with Gasteiger partial charge in [-0.2, -0.15) is 0 Å². The van der Waals surface area contributed by atoms with Crippen molar-refractivity contribution in [2.24, 2.45) is 5.92 Å². The van der Waals surface area contributed by atoms with Crippen LogP contribution in [-0.4, -0.2) is 0 Å². The van der Waals surface area contributed by atoms with E-state index in [2.05, 4.69) is 45.9 Å². The minimum Gasteiger partial charge on any atom is -0.0651 e. The number of benzene rings is 1. The first kappa shape index (κ1) is 11.7. The van der Waals surface area contributed by atoms with Crippen LogP contribution < -0.4 is 0 Å². The van der Waals surface area contributed by atoms with Crippen molar-refractivity contribution in [2.45, 2.75) is 58.8 Å². The molecule has 16 heavy (non-hydrogen) atoms. The Morgan fingerprint density at radius 2 is 1.94 bits per heavy atom. The SMILES string of the molecule is CCCc1ccc(C2(C)CC2C)cc1CC. The summed E-state index contributed by atoms with van der Waals surface area (Å²) in [5, 5.41) is 0. The summed E-state index contributed by atoms with van der Waals surface area (Å²) in [5.74, 6) is 0.870. The molecule has 0 N–H and O–H groups in total. The van der Waals surface area contributed by atoms with E-state index in [-0.39, 0.29) is 0 Å². The van der Waals surface area contributed by atoms with Crippen molar-refractivity contribution in [1.82, 2.24) is 0 Å². The molecule has 0 bridgehead atoms. The largest absolute Gasteiger partial charge is 0.0651 e. The van der Waals surface area contributed by atoms with Crippen LogP contribution in [-0.2, 0) is 18.3 Å². The summed E-state index contributed by atoms with van der Waals surface area (Å²) in [5.41, 5.74) is 5.18. The van der Waals surface area contributed by atoms with Crippen LogP contribution in [0.3, 0.4) is 0 Å². The van der Waals surface area contributed by atoms with Gasteiger partial charge in [0.1, 0.15) is 0 Å². The van der Waals surface area contributed by atoms with Gasteiger partial charge >= 0.3 is 0 Å². The fraction of sp³-hybridized carbons (Fsp3) is 0.625. The Labute approximate surface area is 100 Å². The molecule has 0 aliphatic heterocycles. The van der Waals surface area contributed by atoms with Gasteiger partial charge in [0.05, 0.1) is 0 Å². The summed E-state index contributed by atoms with van der Waals surface area (Å²) in [6.07, 6.45) is 5.02. The highest BCUT2D eigenvalue weighted by molar-refractivity contribution is 5.39. The third-order valence-corrected chi connectivity index (χ3v) is 4.42. The average molecular weight is 216 g/mol. The Kier molecular flexibility index (Phi) is 3.10. The standard InChI is InChI=1S/C16H24/c1-5-7-14-8-9-15(10-13(14)6-2)16(4)11-12(16)3/h8-10,12H,5-7,11H2,1-4H3. The fourth-order valence-electron chi connectivity index (χ4n) is 2.80. The third kappa shape index (κ3) is 1.90. The topological polar surface area (TPSA) is 0 Å². The van der Waals surface area contributed by atoms with E-state index in [4.69, 9.17) is 0 Å². The molecule has 2 rings (SSSR count). The Morgan fingerprint density at radius 3 is 2.44 bits per heavy atom. The highest BCUT2D eigenvalue weighted by Gasteiger charge is 2.47. The van der Waals surface area contributed by atoms with Crippen LogP contribution in [0.4, 0.5) is 0 Å². The summed E-state index contributed by atoms with van der Waals surface area (Å²) >= 11 is 0. The first-order chi connectivity index (χ1) is 7.61. The normalized spacial score (nSPS) is 28.1. The van der Waals surface area contributed by atoms with Crippen LogP contribution in [0.15, 0.2) is 18.2 Å². The second-order valence-electron chi connectivity index (χ2n) is 5.61. The van der Waals surface area contributed by atoms with Crippen LogP contribution in [0.5, 0.6) is 0 Å². The molecule has 1 aliphatic rings. The average Bonchev–Trinajstić information content (AvgIpc) is 2.89. The Bertz CT molecular complexity index is 378. The predicted molar refractivity (Wildman–Crippen MR) is 70.9 cm³/mol. The molecule has 1 fully saturated rings. The Balaban J connectivity index is 2.30. The monoisotopic (exact) mass is 216 g/mol. The van der Waals surface area contributed by atoms with Crippen molar-refractivity contribution in [3.63, 3.8) is 0 Å². The second-order valence-corrected chi connectivity index (χ2v) is 5.61. The van der Waals surface area contributed by atoms with Gasteiger partial charge in [-0.3, -0.25) is 0 Å². The van der Waals surface area contributed by atoms with Crippen molar-refractivity contribution in [3.8, 4) is 0 Å². The highest BCUT2D eigenvalue weighted by atomic mass is 14.5. The molecule has 0 spiro atoms. The maximum Gasteiger partial charge on any atom is -0.00464 e. The molecule has 0 heterocycles. The number of hydrogen-bond acceptors (Lipinski definition) is 0. The van der Waals surface area contributed by atoms with Crippen molar-refractivity contribution >= 4 is 0 Å². The zero-order chi connectivity index (χ0) is 11.8. The van der Waals surface area contributed by atoms with Gasteiger partial charge in [-0.15, -0.1) is 0 Å². The maximum absolute atomic E-state index is 2.47. The van der Waals surface area contributed by atoms with Crippen LogP contribution >= 0.6 is 0 Å². The molecule has 0 amide bonds. The quantitative estimate of drug-likeness (QED) is 0.695. The van der Waals surface area contributed by atoms with Gasteiger partial charge in [0.2, 0.25) is 0 Å². The van der Waals surface area contributed by atoms with Crippen molar-refractivity contribution in [3.05, 3.63) is 34.9 Å². The van der Waals surface area contributed by atoms with Crippen molar-refractivity contribution < 1.29 is 0 Å². The number of aryl methyl sites for hydroxylation is 2. The van der Waals surface area contributed by atoms with E-state index in [1.54, 1.807) is 16.7 Å². The molecule has 88 valence electrons. The Hall–Kier alpha value is -0.780. The van der Waals surface area contributed by atoms with Crippen LogP contribution in [0.25, 0.3) is 0 Å². The number of hydrogen-bond donors (Lipinski definition) is 0. The molecule has 0 heteroatoms. The molecule has 1 aromatic carbocycles. The summed E-state index contributed by atoms with van der Waals surface area (Å²) in [6, 6.07) is 7.20. The van der Waals surface area contributed by atoms with E-state index in [9.17, 15) is 0 Å². The zero-order valence-electron chi connectivity index (χ0n) is 11.1. The molecule has 2 unspecified atom stereocenters. The minimum atomic E-state index is 0.481. The van der Waals surface area contributed by atoms with E-state index in [0.717, 1.165) is 5.92 Å². The minimum absolute atomic E-state index is 0.481. The molecular formula is C16H24. The lowest BCUT2D eigenvalue weighted by atomic mass is 9.90. The summed E-state index contributed by atoms with van der Waals surface area (Å²) in [4.78, 5) is 0. The summed E-state index contributed by atoms with van der Waals surface area (Å²) in [6.45, 7) is 9.31. The lowest BCUT2D eigenvalue weighted by molar-refractivity contribution is 0.699. The smallest absolute Gasteiger partial charge is 0.00464 e.